The summed E-state index contributed by atoms with van der Waals surface area (Å²) in [5.74, 6) is -1.41. The molecule has 2 aromatic rings. The van der Waals surface area contributed by atoms with E-state index in [2.05, 4.69) is 5.32 Å². The van der Waals surface area contributed by atoms with Crippen LogP contribution in [0.25, 0.3) is 0 Å². The lowest BCUT2D eigenvalue weighted by Crippen LogP contribution is -2.40. The first-order valence-corrected chi connectivity index (χ1v) is 14.0. The Morgan fingerprint density at radius 3 is 2.25 bits per heavy atom. The molecule has 0 radical (unpaired) electrons. The summed E-state index contributed by atoms with van der Waals surface area (Å²) in [6.07, 6.45) is 0. The minimum absolute atomic E-state index is 0.0761. The molecule has 196 valence electrons. The Labute approximate surface area is 215 Å². The largest absolute Gasteiger partial charge is 0.462 e. The molecule has 0 aliphatic carbocycles. The average Bonchev–Trinajstić information content (AvgIpc) is 3.20. The number of ether oxygens (including phenoxy) is 2. The van der Waals surface area contributed by atoms with Crippen molar-refractivity contribution >= 4 is 44.1 Å². The Morgan fingerprint density at radius 1 is 1.08 bits per heavy atom. The van der Waals surface area contributed by atoms with E-state index in [1.165, 1.54) is 28.6 Å². The highest BCUT2D eigenvalue weighted by Crippen LogP contribution is 2.35. The molecular formula is C24H31N3O7S2. The second-order valence-corrected chi connectivity index (χ2v) is 10.9. The van der Waals surface area contributed by atoms with Crippen molar-refractivity contribution in [3.05, 3.63) is 45.8 Å². The summed E-state index contributed by atoms with van der Waals surface area (Å²) in [4.78, 5) is 40.8. The number of benzene rings is 1. The van der Waals surface area contributed by atoms with Crippen LogP contribution in [0.1, 0.15) is 56.7 Å². The predicted molar refractivity (Wildman–Crippen MR) is 136 cm³/mol. The minimum Gasteiger partial charge on any atom is -0.462 e. The van der Waals surface area contributed by atoms with Gasteiger partial charge in [0.05, 0.1) is 35.2 Å². The van der Waals surface area contributed by atoms with Gasteiger partial charge in [-0.15, -0.1) is 11.3 Å². The molecule has 1 N–H and O–H groups in total. The molecule has 1 fully saturated rings. The smallest absolute Gasteiger partial charge is 0.341 e. The number of nitrogens with one attached hydrogen (secondary N) is 1. The molecule has 0 saturated carbocycles. The molecule has 0 unspecified atom stereocenters. The normalized spacial score (nSPS) is 14.3. The number of nitrogens with zero attached hydrogens (tertiary/aromatic N) is 2. The molecule has 0 atom stereocenters. The van der Waals surface area contributed by atoms with E-state index in [4.69, 9.17) is 9.47 Å². The van der Waals surface area contributed by atoms with Gasteiger partial charge in [-0.3, -0.25) is 9.59 Å². The van der Waals surface area contributed by atoms with Crippen molar-refractivity contribution in [2.75, 3.05) is 51.3 Å². The molecule has 2 heterocycles. The molecular weight excluding hydrogens is 506 g/mol. The molecule has 0 spiro atoms. The molecule has 1 saturated heterocycles. The van der Waals surface area contributed by atoms with Gasteiger partial charge in [-0.2, -0.15) is 4.31 Å². The van der Waals surface area contributed by atoms with Gasteiger partial charge in [0.15, 0.2) is 0 Å². The van der Waals surface area contributed by atoms with Crippen LogP contribution in [0.15, 0.2) is 29.2 Å². The van der Waals surface area contributed by atoms with Gasteiger partial charge in [0.1, 0.15) is 5.00 Å². The second kappa shape index (κ2) is 12.0. The molecule has 2 amide bonds. The van der Waals surface area contributed by atoms with E-state index >= 15 is 0 Å². The SMILES string of the molecule is CCOC(=O)c1c(NC(=O)c2ccc(S(=O)(=O)N3CCOCC3)cc2)sc(C(=O)N(CC)CC)c1C. The topological polar surface area (TPSA) is 122 Å². The fourth-order valence-electron chi connectivity index (χ4n) is 3.80. The van der Waals surface area contributed by atoms with Gasteiger partial charge < -0.3 is 19.7 Å². The number of esters is 1. The molecule has 36 heavy (non-hydrogen) atoms. The fourth-order valence-corrected chi connectivity index (χ4v) is 6.36. The molecule has 1 aromatic heterocycles. The summed E-state index contributed by atoms with van der Waals surface area (Å²) < 4.78 is 37.4. The Kier molecular flexibility index (Phi) is 9.23. The van der Waals surface area contributed by atoms with E-state index in [1.54, 1.807) is 18.7 Å². The van der Waals surface area contributed by atoms with Crippen LogP contribution in [0.2, 0.25) is 0 Å². The van der Waals surface area contributed by atoms with Crippen LogP contribution in [0.5, 0.6) is 0 Å². The first-order valence-electron chi connectivity index (χ1n) is 11.7. The summed E-state index contributed by atoms with van der Waals surface area (Å²) >= 11 is 1.02. The van der Waals surface area contributed by atoms with Crippen LogP contribution in [0.3, 0.4) is 0 Å². The quantitative estimate of drug-likeness (QED) is 0.488. The monoisotopic (exact) mass is 537 g/mol. The lowest BCUT2D eigenvalue weighted by molar-refractivity contribution is 0.0527. The predicted octanol–water partition coefficient (Wildman–Crippen LogP) is 2.99. The van der Waals surface area contributed by atoms with Crippen molar-refractivity contribution in [3.63, 3.8) is 0 Å². The van der Waals surface area contributed by atoms with E-state index in [1.807, 2.05) is 13.8 Å². The standard InChI is InChI=1S/C24H31N3O7S2/c1-5-26(6-2)23(29)20-16(4)19(24(30)34-7-3)22(35-20)25-21(28)17-8-10-18(11-9-17)36(31,32)27-12-14-33-15-13-27/h8-11H,5-7,12-15H2,1-4H3,(H,25,28). The van der Waals surface area contributed by atoms with Gasteiger partial charge in [-0.05, 0) is 57.5 Å². The maximum absolute atomic E-state index is 13.0. The third-order valence-electron chi connectivity index (χ3n) is 5.82. The van der Waals surface area contributed by atoms with E-state index in [-0.39, 0.29) is 46.6 Å². The zero-order chi connectivity index (χ0) is 26.5. The van der Waals surface area contributed by atoms with E-state index < -0.39 is 21.9 Å². The summed E-state index contributed by atoms with van der Waals surface area (Å²) in [5, 5.41) is 2.92. The fraction of sp³-hybridized carbons (Fsp3) is 0.458. The van der Waals surface area contributed by atoms with Crippen LogP contribution in [-0.4, -0.2) is 81.4 Å². The molecule has 1 aliphatic rings. The van der Waals surface area contributed by atoms with Gasteiger partial charge in [-0.25, -0.2) is 13.2 Å². The van der Waals surface area contributed by atoms with Crippen molar-refractivity contribution in [3.8, 4) is 0 Å². The number of anilines is 1. The maximum atomic E-state index is 13.0. The van der Waals surface area contributed by atoms with Gasteiger partial charge in [-0.1, -0.05) is 0 Å². The second-order valence-electron chi connectivity index (χ2n) is 7.95. The van der Waals surface area contributed by atoms with Gasteiger partial charge in [0, 0.05) is 31.7 Å². The molecule has 3 rings (SSSR count). The Hall–Kier alpha value is -2.80. The number of sulfonamides is 1. The highest BCUT2D eigenvalue weighted by molar-refractivity contribution is 7.89. The molecule has 1 aliphatic heterocycles. The summed E-state index contributed by atoms with van der Waals surface area (Å²) in [5.41, 5.74) is 0.781. The molecule has 10 nitrogen and oxygen atoms in total. The first kappa shape index (κ1) is 27.8. The highest BCUT2D eigenvalue weighted by atomic mass is 32.2. The summed E-state index contributed by atoms with van der Waals surface area (Å²) in [7, 11) is -3.69. The summed E-state index contributed by atoms with van der Waals surface area (Å²) in [6.45, 7) is 9.41. The number of carbonyl (C=O) groups is 3. The molecule has 12 heteroatoms. The number of carbonyl (C=O) groups excluding carboxylic acids is 3. The number of morpholine rings is 1. The van der Waals surface area contributed by atoms with Crippen molar-refractivity contribution in [1.82, 2.24) is 9.21 Å². The third-order valence-corrected chi connectivity index (χ3v) is 8.93. The number of thiophene rings is 1. The van der Waals surface area contributed by atoms with Crippen LogP contribution in [0.4, 0.5) is 5.00 Å². The van der Waals surface area contributed by atoms with Crippen LogP contribution < -0.4 is 5.32 Å². The lowest BCUT2D eigenvalue weighted by Gasteiger charge is -2.26. The molecule has 1 aromatic carbocycles. The van der Waals surface area contributed by atoms with Crippen molar-refractivity contribution in [2.45, 2.75) is 32.6 Å². The average molecular weight is 538 g/mol. The van der Waals surface area contributed by atoms with Crippen molar-refractivity contribution in [1.29, 1.82) is 0 Å². The minimum atomic E-state index is -3.69. The maximum Gasteiger partial charge on any atom is 0.341 e. The van der Waals surface area contributed by atoms with Crippen LogP contribution >= 0.6 is 11.3 Å². The summed E-state index contributed by atoms with van der Waals surface area (Å²) in [6, 6.07) is 5.58. The number of hydrogen-bond acceptors (Lipinski definition) is 8. The van der Waals surface area contributed by atoms with Crippen LogP contribution in [-0.2, 0) is 19.5 Å². The Morgan fingerprint density at radius 2 is 1.69 bits per heavy atom. The van der Waals surface area contributed by atoms with Crippen LogP contribution in [0, 0.1) is 6.92 Å². The van der Waals surface area contributed by atoms with Crippen molar-refractivity contribution in [2.24, 2.45) is 0 Å². The van der Waals surface area contributed by atoms with Gasteiger partial charge in [0.2, 0.25) is 10.0 Å². The number of amides is 2. The number of hydrogen-bond donors (Lipinski definition) is 1. The number of rotatable bonds is 9. The third kappa shape index (κ3) is 5.77. The van der Waals surface area contributed by atoms with E-state index in [9.17, 15) is 22.8 Å². The van der Waals surface area contributed by atoms with Gasteiger partial charge in [0.25, 0.3) is 11.8 Å². The molecule has 0 bridgehead atoms. The Balaban J connectivity index is 1.88. The van der Waals surface area contributed by atoms with E-state index in [0.29, 0.717) is 36.7 Å². The zero-order valence-corrected chi connectivity index (χ0v) is 22.5. The van der Waals surface area contributed by atoms with Gasteiger partial charge >= 0.3 is 5.97 Å². The van der Waals surface area contributed by atoms with Crippen molar-refractivity contribution < 1.29 is 32.3 Å². The Bertz CT molecular complexity index is 1210. The van der Waals surface area contributed by atoms with E-state index in [0.717, 1.165) is 11.3 Å². The zero-order valence-electron chi connectivity index (χ0n) is 20.8. The first-order chi connectivity index (χ1) is 17.1. The highest BCUT2D eigenvalue weighted by Gasteiger charge is 2.29. The lowest BCUT2D eigenvalue weighted by atomic mass is 10.1.